The van der Waals surface area contributed by atoms with E-state index < -0.39 is 6.04 Å². The molecule has 0 bridgehead atoms. The molecule has 0 fully saturated rings. The van der Waals surface area contributed by atoms with Crippen LogP contribution in [0.5, 0.6) is 5.75 Å². The second kappa shape index (κ2) is 10.5. The minimum atomic E-state index is -0.581. The molecule has 1 atom stereocenters. The molecule has 0 saturated heterocycles. The van der Waals surface area contributed by atoms with Crippen LogP contribution in [0.15, 0.2) is 46.9 Å². The Labute approximate surface area is 179 Å². The highest BCUT2D eigenvalue weighted by molar-refractivity contribution is 9.10. The number of rotatable bonds is 8. The lowest BCUT2D eigenvalue weighted by Gasteiger charge is -2.30. The Balaban J connectivity index is 2.19. The van der Waals surface area contributed by atoms with E-state index in [1.54, 1.807) is 30.1 Å². The van der Waals surface area contributed by atoms with E-state index in [1.807, 2.05) is 38.1 Å². The van der Waals surface area contributed by atoms with Crippen LogP contribution >= 0.6 is 27.5 Å². The van der Waals surface area contributed by atoms with E-state index in [9.17, 15) is 9.59 Å². The number of benzene rings is 2. The van der Waals surface area contributed by atoms with Crippen molar-refractivity contribution in [2.75, 3.05) is 13.7 Å². The molecule has 2 aromatic rings. The Morgan fingerprint density at radius 1 is 1.21 bits per heavy atom. The van der Waals surface area contributed by atoms with Crippen molar-refractivity contribution in [3.8, 4) is 5.75 Å². The Kier molecular flexibility index (Phi) is 8.33. The standard InChI is InChI=1S/C21H24BrClN2O3/c1-4-18(21(27)24-3)25(12-15-7-5-14(2)6-8-15)20(26)13-28-19-10-9-16(22)11-17(19)23/h5-11,18H,4,12-13H2,1-3H3,(H,24,27). The van der Waals surface area contributed by atoms with E-state index in [1.165, 1.54) is 0 Å². The van der Waals surface area contributed by atoms with Crippen LogP contribution in [0.1, 0.15) is 24.5 Å². The van der Waals surface area contributed by atoms with E-state index >= 15 is 0 Å². The first-order valence-corrected chi connectivity index (χ1v) is 10.2. The van der Waals surface area contributed by atoms with Gasteiger partial charge in [0.1, 0.15) is 11.8 Å². The summed E-state index contributed by atoms with van der Waals surface area (Å²) in [4.78, 5) is 26.8. The fraction of sp³-hybridized carbons (Fsp3) is 0.333. The molecule has 0 spiro atoms. The molecule has 0 aliphatic rings. The van der Waals surface area contributed by atoms with Crippen molar-refractivity contribution >= 4 is 39.3 Å². The molecule has 2 aromatic carbocycles. The molecular weight excluding hydrogens is 444 g/mol. The number of halogens is 2. The third-order valence-corrected chi connectivity index (χ3v) is 5.14. The van der Waals surface area contributed by atoms with Gasteiger partial charge in [0, 0.05) is 18.1 Å². The number of amides is 2. The van der Waals surface area contributed by atoms with Crippen LogP contribution in [0.25, 0.3) is 0 Å². The molecule has 150 valence electrons. The summed E-state index contributed by atoms with van der Waals surface area (Å²) in [5.41, 5.74) is 2.08. The summed E-state index contributed by atoms with van der Waals surface area (Å²) >= 11 is 9.49. The van der Waals surface area contributed by atoms with Crippen LogP contribution in [0.3, 0.4) is 0 Å². The maximum atomic E-state index is 13.0. The lowest BCUT2D eigenvalue weighted by Crippen LogP contribution is -2.49. The molecule has 0 radical (unpaired) electrons. The quantitative estimate of drug-likeness (QED) is 0.628. The number of likely N-dealkylation sites (N-methyl/N-ethyl adjacent to an activating group) is 1. The van der Waals surface area contributed by atoms with Gasteiger partial charge in [-0.2, -0.15) is 0 Å². The zero-order valence-electron chi connectivity index (χ0n) is 16.2. The first kappa shape index (κ1) is 22.2. The van der Waals surface area contributed by atoms with Crippen molar-refractivity contribution in [2.45, 2.75) is 32.9 Å². The molecule has 5 nitrogen and oxygen atoms in total. The van der Waals surface area contributed by atoms with Crippen molar-refractivity contribution < 1.29 is 14.3 Å². The summed E-state index contributed by atoms with van der Waals surface area (Å²) in [7, 11) is 1.57. The summed E-state index contributed by atoms with van der Waals surface area (Å²) in [5, 5.41) is 3.04. The molecule has 0 aliphatic heterocycles. The molecule has 2 amide bonds. The molecule has 0 heterocycles. The number of hydrogen-bond acceptors (Lipinski definition) is 3. The van der Waals surface area contributed by atoms with Crippen molar-refractivity contribution in [1.82, 2.24) is 10.2 Å². The summed E-state index contributed by atoms with van der Waals surface area (Å²) < 4.78 is 6.45. The molecule has 7 heteroatoms. The SMILES string of the molecule is CCC(C(=O)NC)N(Cc1ccc(C)cc1)C(=O)COc1ccc(Br)cc1Cl. The molecular formula is C21H24BrClN2O3. The lowest BCUT2D eigenvalue weighted by atomic mass is 10.1. The van der Waals surface area contributed by atoms with Gasteiger partial charge < -0.3 is 15.0 Å². The predicted octanol–water partition coefficient (Wildman–Crippen LogP) is 4.34. The number of nitrogens with one attached hydrogen (secondary N) is 1. The molecule has 1 N–H and O–H groups in total. The van der Waals surface area contributed by atoms with Gasteiger partial charge in [0.25, 0.3) is 5.91 Å². The molecule has 1 unspecified atom stereocenters. The van der Waals surface area contributed by atoms with Gasteiger partial charge in [0.15, 0.2) is 6.61 Å². The highest BCUT2D eigenvalue weighted by Gasteiger charge is 2.28. The minimum absolute atomic E-state index is 0.204. The fourth-order valence-electron chi connectivity index (χ4n) is 2.79. The van der Waals surface area contributed by atoms with E-state index in [-0.39, 0.29) is 18.4 Å². The van der Waals surface area contributed by atoms with Crippen LogP contribution in [-0.4, -0.2) is 36.4 Å². The lowest BCUT2D eigenvalue weighted by molar-refractivity contribution is -0.142. The summed E-state index contributed by atoms with van der Waals surface area (Å²) in [5.74, 6) is -0.0684. The normalized spacial score (nSPS) is 11.6. The highest BCUT2D eigenvalue weighted by Crippen LogP contribution is 2.27. The van der Waals surface area contributed by atoms with Crippen molar-refractivity contribution in [3.63, 3.8) is 0 Å². The Morgan fingerprint density at radius 3 is 2.46 bits per heavy atom. The zero-order valence-corrected chi connectivity index (χ0v) is 18.5. The van der Waals surface area contributed by atoms with Gasteiger partial charge >= 0.3 is 0 Å². The molecule has 0 saturated carbocycles. The van der Waals surface area contributed by atoms with E-state index in [0.29, 0.717) is 23.7 Å². The van der Waals surface area contributed by atoms with Gasteiger partial charge in [-0.15, -0.1) is 0 Å². The monoisotopic (exact) mass is 466 g/mol. The Morgan fingerprint density at radius 2 is 1.89 bits per heavy atom. The van der Waals surface area contributed by atoms with E-state index in [4.69, 9.17) is 16.3 Å². The van der Waals surface area contributed by atoms with E-state index in [2.05, 4.69) is 21.2 Å². The number of aryl methyl sites for hydroxylation is 1. The fourth-order valence-corrected chi connectivity index (χ4v) is 3.52. The Hall–Kier alpha value is -2.05. The molecule has 0 aromatic heterocycles. The van der Waals surface area contributed by atoms with Crippen molar-refractivity contribution in [1.29, 1.82) is 0 Å². The van der Waals surface area contributed by atoms with Crippen LogP contribution in [0.4, 0.5) is 0 Å². The molecule has 2 rings (SSSR count). The number of ether oxygens (including phenoxy) is 1. The number of carbonyl (C=O) groups excluding carboxylic acids is 2. The summed E-state index contributed by atoms with van der Waals surface area (Å²) in [6, 6.07) is 12.5. The predicted molar refractivity (Wildman–Crippen MR) is 115 cm³/mol. The number of nitrogens with zero attached hydrogens (tertiary/aromatic N) is 1. The largest absolute Gasteiger partial charge is 0.482 e. The average Bonchev–Trinajstić information content (AvgIpc) is 2.68. The number of hydrogen-bond donors (Lipinski definition) is 1. The van der Waals surface area contributed by atoms with Gasteiger partial charge in [-0.25, -0.2) is 0 Å². The summed E-state index contributed by atoms with van der Waals surface area (Å²) in [6.45, 7) is 3.99. The molecule has 0 aliphatic carbocycles. The van der Waals surface area contributed by atoms with E-state index in [0.717, 1.165) is 15.6 Å². The van der Waals surface area contributed by atoms with Gasteiger partial charge in [-0.1, -0.05) is 64.3 Å². The van der Waals surface area contributed by atoms with Gasteiger partial charge in [-0.3, -0.25) is 9.59 Å². The topological polar surface area (TPSA) is 58.6 Å². The van der Waals surface area contributed by atoms with Crippen LogP contribution in [-0.2, 0) is 16.1 Å². The maximum Gasteiger partial charge on any atom is 0.261 e. The first-order valence-electron chi connectivity index (χ1n) is 9.00. The highest BCUT2D eigenvalue weighted by atomic mass is 79.9. The van der Waals surface area contributed by atoms with Gasteiger partial charge in [0.2, 0.25) is 5.91 Å². The second-order valence-corrected chi connectivity index (χ2v) is 7.73. The van der Waals surface area contributed by atoms with Crippen LogP contribution in [0, 0.1) is 6.92 Å². The average molecular weight is 468 g/mol. The third kappa shape index (κ3) is 5.97. The van der Waals surface area contributed by atoms with Crippen LogP contribution < -0.4 is 10.1 Å². The smallest absolute Gasteiger partial charge is 0.261 e. The second-order valence-electron chi connectivity index (χ2n) is 6.41. The zero-order chi connectivity index (χ0) is 20.7. The maximum absolute atomic E-state index is 13.0. The first-order chi connectivity index (χ1) is 13.3. The minimum Gasteiger partial charge on any atom is -0.482 e. The summed E-state index contributed by atoms with van der Waals surface area (Å²) in [6.07, 6.45) is 0.496. The third-order valence-electron chi connectivity index (χ3n) is 4.35. The van der Waals surface area contributed by atoms with Gasteiger partial charge in [-0.05, 0) is 37.1 Å². The number of carbonyl (C=O) groups is 2. The van der Waals surface area contributed by atoms with Crippen molar-refractivity contribution in [3.05, 3.63) is 63.1 Å². The molecule has 28 heavy (non-hydrogen) atoms. The van der Waals surface area contributed by atoms with Crippen LogP contribution in [0.2, 0.25) is 5.02 Å². The Bertz CT molecular complexity index is 827. The van der Waals surface area contributed by atoms with Gasteiger partial charge in [0.05, 0.1) is 5.02 Å². The van der Waals surface area contributed by atoms with Crippen molar-refractivity contribution in [2.24, 2.45) is 0 Å².